The number of nitrogens with one attached hydrogen (secondary N) is 1. The number of rotatable bonds is 5. The summed E-state index contributed by atoms with van der Waals surface area (Å²) >= 11 is 0. The van der Waals surface area contributed by atoms with Gasteiger partial charge in [0.05, 0.1) is 18.2 Å². The Kier molecular flexibility index (Phi) is 6.68. The smallest absolute Gasteiger partial charge is 0.416 e. The maximum Gasteiger partial charge on any atom is 0.416 e. The van der Waals surface area contributed by atoms with E-state index >= 15 is 0 Å². The van der Waals surface area contributed by atoms with Gasteiger partial charge in [-0.2, -0.15) is 26.3 Å². The minimum absolute atomic E-state index is 0.0537. The third-order valence-corrected chi connectivity index (χ3v) is 4.61. The highest BCUT2D eigenvalue weighted by Crippen LogP contribution is 2.46. The maximum absolute atomic E-state index is 13.7. The van der Waals surface area contributed by atoms with E-state index < -0.39 is 29.5 Å². The molecule has 3 nitrogen and oxygen atoms in total. The van der Waals surface area contributed by atoms with Crippen LogP contribution in [0.1, 0.15) is 43.0 Å². The van der Waals surface area contributed by atoms with E-state index in [2.05, 4.69) is 5.32 Å². The van der Waals surface area contributed by atoms with E-state index in [-0.39, 0.29) is 23.3 Å². The molecule has 0 spiro atoms. The Balaban J connectivity index is 2.68. The Morgan fingerprint density at radius 2 is 1.63 bits per heavy atom. The standard InChI is InChI=1S/C18H24F6N2O/c1-11(2)8-14(26-6-4-25-5-7-26)16-13(18(22,23)24)9-12(17(19,20)21)10-15(16)27-3/h9-11,14,25H,4-8H2,1-3H3/t14-/m1/s1. The number of halogens is 6. The van der Waals surface area contributed by atoms with Gasteiger partial charge in [0.25, 0.3) is 0 Å². The number of alkyl halides is 6. The van der Waals surface area contributed by atoms with Crippen LogP contribution >= 0.6 is 0 Å². The number of ether oxygens (including phenoxy) is 1. The average molecular weight is 398 g/mol. The molecule has 1 saturated heterocycles. The summed E-state index contributed by atoms with van der Waals surface area (Å²) in [4.78, 5) is 1.89. The quantitative estimate of drug-likeness (QED) is 0.726. The van der Waals surface area contributed by atoms with Crippen LogP contribution < -0.4 is 10.1 Å². The number of benzene rings is 1. The molecule has 0 aromatic heterocycles. The summed E-state index contributed by atoms with van der Waals surface area (Å²) in [6, 6.07) is 0.189. The molecular weight excluding hydrogens is 374 g/mol. The van der Waals surface area contributed by atoms with Gasteiger partial charge in [0.15, 0.2) is 0 Å². The van der Waals surface area contributed by atoms with E-state index in [4.69, 9.17) is 4.74 Å². The van der Waals surface area contributed by atoms with Gasteiger partial charge in [-0.1, -0.05) is 13.8 Å². The van der Waals surface area contributed by atoms with Crippen molar-refractivity contribution >= 4 is 0 Å². The van der Waals surface area contributed by atoms with Crippen LogP contribution in [-0.4, -0.2) is 38.2 Å². The van der Waals surface area contributed by atoms with Crippen molar-refractivity contribution in [3.63, 3.8) is 0 Å². The molecule has 0 unspecified atom stereocenters. The molecule has 1 aromatic rings. The molecule has 1 aromatic carbocycles. The van der Waals surface area contributed by atoms with Crippen LogP contribution in [0.4, 0.5) is 26.3 Å². The zero-order valence-electron chi connectivity index (χ0n) is 15.5. The van der Waals surface area contributed by atoms with E-state index in [9.17, 15) is 26.3 Å². The fourth-order valence-corrected chi connectivity index (χ4v) is 3.43. The molecule has 0 amide bonds. The first-order valence-electron chi connectivity index (χ1n) is 8.76. The molecule has 0 saturated carbocycles. The Hall–Kier alpha value is -1.48. The summed E-state index contributed by atoms with van der Waals surface area (Å²) in [5.74, 6) is -0.320. The second kappa shape index (κ2) is 8.26. The zero-order valence-corrected chi connectivity index (χ0v) is 15.5. The molecule has 154 valence electrons. The summed E-state index contributed by atoms with van der Waals surface area (Å²) < 4.78 is 85.6. The number of nitrogens with zero attached hydrogens (tertiary/aromatic N) is 1. The molecular formula is C18H24F6N2O. The molecule has 1 fully saturated rings. The zero-order chi connectivity index (χ0) is 20.4. The average Bonchev–Trinajstić information content (AvgIpc) is 2.57. The summed E-state index contributed by atoms with van der Waals surface area (Å²) in [7, 11) is 1.10. The number of methoxy groups -OCH3 is 1. The summed E-state index contributed by atoms with van der Waals surface area (Å²) in [5, 5.41) is 3.13. The van der Waals surface area contributed by atoms with Gasteiger partial charge >= 0.3 is 12.4 Å². The molecule has 1 N–H and O–H groups in total. The normalized spacial score (nSPS) is 18.0. The van der Waals surface area contributed by atoms with Crippen LogP contribution in [0, 0.1) is 5.92 Å². The van der Waals surface area contributed by atoms with Crippen LogP contribution in [0.2, 0.25) is 0 Å². The Morgan fingerprint density at radius 1 is 1.04 bits per heavy atom. The fraction of sp³-hybridized carbons (Fsp3) is 0.667. The SMILES string of the molecule is COc1cc(C(F)(F)F)cc(C(F)(F)F)c1[C@@H](CC(C)C)N1CCNCC1. The molecule has 9 heteroatoms. The molecule has 1 aliphatic heterocycles. The van der Waals surface area contributed by atoms with E-state index in [0.717, 1.165) is 7.11 Å². The first kappa shape index (κ1) is 21.8. The van der Waals surface area contributed by atoms with E-state index in [1.165, 1.54) is 0 Å². The summed E-state index contributed by atoms with van der Waals surface area (Å²) in [5.41, 5.74) is -2.86. The van der Waals surface area contributed by atoms with Gasteiger partial charge in [0.1, 0.15) is 5.75 Å². The monoisotopic (exact) mass is 398 g/mol. The van der Waals surface area contributed by atoms with Crippen LogP contribution in [-0.2, 0) is 12.4 Å². The Bertz CT molecular complexity index is 636. The molecule has 1 heterocycles. The molecule has 27 heavy (non-hydrogen) atoms. The van der Waals surface area contributed by atoms with Gasteiger partial charge in [0.2, 0.25) is 0 Å². The van der Waals surface area contributed by atoms with Gasteiger partial charge in [-0.25, -0.2) is 0 Å². The van der Waals surface area contributed by atoms with Crippen molar-refractivity contribution < 1.29 is 31.1 Å². The summed E-state index contributed by atoms with van der Waals surface area (Å²) in [6.07, 6.45) is -9.44. The first-order valence-corrected chi connectivity index (χ1v) is 8.76. The van der Waals surface area contributed by atoms with Crippen LogP contribution in [0.3, 0.4) is 0 Å². The van der Waals surface area contributed by atoms with Crippen molar-refractivity contribution in [2.24, 2.45) is 5.92 Å². The second-order valence-corrected chi connectivity index (χ2v) is 7.07. The molecule has 1 aliphatic rings. The van der Waals surface area contributed by atoms with Crippen molar-refractivity contribution in [2.75, 3.05) is 33.3 Å². The lowest BCUT2D eigenvalue weighted by molar-refractivity contribution is -0.144. The molecule has 0 bridgehead atoms. The lowest BCUT2D eigenvalue weighted by atomic mass is 9.89. The molecule has 2 rings (SSSR count). The second-order valence-electron chi connectivity index (χ2n) is 7.07. The highest BCUT2D eigenvalue weighted by atomic mass is 19.4. The molecule has 1 atom stereocenters. The van der Waals surface area contributed by atoms with Gasteiger partial charge in [-0.3, -0.25) is 4.90 Å². The third-order valence-electron chi connectivity index (χ3n) is 4.61. The minimum atomic E-state index is -4.92. The molecule has 0 radical (unpaired) electrons. The Morgan fingerprint density at radius 3 is 2.07 bits per heavy atom. The minimum Gasteiger partial charge on any atom is -0.496 e. The Labute approximate surface area is 154 Å². The van der Waals surface area contributed by atoms with Crippen LogP contribution in [0.25, 0.3) is 0 Å². The van der Waals surface area contributed by atoms with Crippen molar-refractivity contribution in [3.05, 3.63) is 28.8 Å². The lowest BCUT2D eigenvalue weighted by Gasteiger charge is -2.38. The highest BCUT2D eigenvalue weighted by molar-refractivity contribution is 5.48. The number of hydrogen-bond donors (Lipinski definition) is 1. The van der Waals surface area contributed by atoms with E-state index in [1.807, 2.05) is 18.7 Å². The lowest BCUT2D eigenvalue weighted by Crippen LogP contribution is -2.45. The predicted molar refractivity (Wildman–Crippen MR) is 89.6 cm³/mol. The third kappa shape index (κ3) is 5.28. The number of hydrogen-bond acceptors (Lipinski definition) is 3. The highest BCUT2D eigenvalue weighted by Gasteiger charge is 2.42. The largest absolute Gasteiger partial charge is 0.496 e. The molecule has 0 aliphatic carbocycles. The topological polar surface area (TPSA) is 24.5 Å². The van der Waals surface area contributed by atoms with Crippen molar-refractivity contribution in [1.29, 1.82) is 0 Å². The van der Waals surface area contributed by atoms with Crippen molar-refractivity contribution in [3.8, 4) is 5.75 Å². The fourth-order valence-electron chi connectivity index (χ4n) is 3.43. The van der Waals surface area contributed by atoms with Crippen molar-refractivity contribution in [1.82, 2.24) is 10.2 Å². The van der Waals surface area contributed by atoms with Gasteiger partial charge < -0.3 is 10.1 Å². The first-order chi connectivity index (χ1) is 12.4. The van der Waals surface area contributed by atoms with E-state index in [1.54, 1.807) is 0 Å². The van der Waals surface area contributed by atoms with Gasteiger partial charge in [-0.05, 0) is 24.5 Å². The van der Waals surface area contributed by atoms with Gasteiger partial charge in [-0.15, -0.1) is 0 Å². The summed E-state index contributed by atoms with van der Waals surface area (Å²) in [6.45, 7) is 5.99. The van der Waals surface area contributed by atoms with Crippen LogP contribution in [0.5, 0.6) is 5.75 Å². The predicted octanol–water partition coefficient (Wildman–Crippen LogP) is 4.73. The van der Waals surface area contributed by atoms with Crippen molar-refractivity contribution in [2.45, 2.75) is 38.7 Å². The van der Waals surface area contributed by atoms with Gasteiger partial charge in [0, 0.05) is 37.8 Å². The maximum atomic E-state index is 13.7. The van der Waals surface area contributed by atoms with E-state index in [0.29, 0.717) is 38.7 Å². The number of piperazine rings is 1. The van der Waals surface area contributed by atoms with Crippen LogP contribution in [0.15, 0.2) is 12.1 Å².